The van der Waals surface area contributed by atoms with Crippen molar-refractivity contribution in [2.24, 2.45) is 11.7 Å². The first kappa shape index (κ1) is 14.2. The largest absolute Gasteiger partial charge is 0.516 e. The van der Waals surface area contributed by atoms with E-state index in [0.29, 0.717) is 5.92 Å². The highest BCUT2D eigenvalue weighted by Gasteiger charge is 2.30. The molecule has 1 unspecified atom stereocenters. The van der Waals surface area contributed by atoms with Crippen LogP contribution in [0.15, 0.2) is 0 Å². The summed E-state index contributed by atoms with van der Waals surface area (Å²) < 4.78 is 8.81. The zero-order valence-electron chi connectivity index (χ0n) is 8.60. The maximum Gasteiger partial charge on any atom is 0.516 e. The first-order chi connectivity index (χ1) is 6.63. The molecule has 6 heteroatoms. The van der Waals surface area contributed by atoms with Crippen molar-refractivity contribution < 1.29 is 19.1 Å². The van der Waals surface area contributed by atoms with Gasteiger partial charge in [-0.25, -0.2) is 4.79 Å². The Morgan fingerprint density at radius 3 is 2.53 bits per heavy atom. The molecule has 1 saturated carbocycles. The molecular formula is C9H16ClNO4. The van der Waals surface area contributed by atoms with E-state index in [-0.39, 0.29) is 31.5 Å². The van der Waals surface area contributed by atoms with Gasteiger partial charge < -0.3 is 15.2 Å². The lowest BCUT2D eigenvalue weighted by atomic mass is 10.1. The second kappa shape index (κ2) is 6.63. The van der Waals surface area contributed by atoms with Crippen LogP contribution in [-0.2, 0) is 14.3 Å². The van der Waals surface area contributed by atoms with Gasteiger partial charge in [0.15, 0.2) is 0 Å². The van der Waals surface area contributed by atoms with E-state index >= 15 is 0 Å². The molecule has 0 aliphatic heterocycles. The number of hydrogen-bond acceptors (Lipinski definition) is 5. The standard InChI is InChI=1S/C9H15NO4.ClH/c1-2-13-9(12)14-8(11)5-7(10)6-3-4-6;/h6-7H,2-5,10H2,1H3;1H. The van der Waals surface area contributed by atoms with Gasteiger partial charge in [-0.2, -0.15) is 0 Å². The van der Waals surface area contributed by atoms with E-state index in [9.17, 15) is 9.59 Å². The van der Waals surface area contributed by atoms with Crippen LogP contribution in [0.4, 0.5) is 4.79 Å². The van der Waals surface area contributed by atoms with Crippen LogP contribution in [0.5, 0.6) is 0 Å². The molecule has 0 aromatic carbocycles. The van der Waals surface area contributed by atoms with Gasteiger partial charge in [0.2, 0.25) is 0 Å². The van der Waals surface area contributed by atoms with Gasteiger partial charge in [0.1, 0.15) is 0 Å². The van der Waals surface area contributed by atoms with Crippen LogP contribution in [0.25, 0.3) is 0 Å². The van der Waals surface area contributed by atoms with E-state index in [0.717, 1.165) is 12.8 Å². The molecule has 0 aromatic heterocycles. The summed E-state index contributed by atoms with van der Waals surface area (Å²) in [5.74, 6) is -0.187. The van der Waals surface area contributed by atoms with Crippen LogP contribution in [0.3, 0.4) is 0 Å². The summed E-state index contributed by atoms with van der Waals surface area (Å²) in [6.07, 6.45) is 1.27. The molecule has 0 radical (unpaired) electrons. The quantitative estimate of drug-likeness (QED) is 0.588. The normalized spacial score (nSPS) is 16.1. The lowest BCUT2D eigenvalue weighted by Gasteiger charge is -2.08. The number of ether oxygens (including phenoxy) is 2. The van der Waals surface area contributed by atoms with Crippen LogP contribution >= 0.6 is 12.4 Å². The van der Waals surface area contributed by atoms with Gasteiger partial charge in [-0.05, 0) is 25.7 Å². The van der Waals surface area contributed by atoms with Crippen molar-refractivity contribution in [1.82, 2.24) is 0 Å². The molecule has 1 fully saturated rings. The zero-order chi connectivity index (χ0) is 10.6. The Balaban J connectivity index is 0.00000196. The molecule has 88 valence electrons. The summed E-state index contributed by atoms with van der Waals surface area (Å²) in [5, 5.41) is 0. The average molecular weight is 238 g/mol. The van der Waals surface area contributed by atoms with Crippen molar-refractivity contribution >= 4 is 24.5 Å². The average Bonchev–Trinajstić information content (AvgIpc) is 2.85. The fourth-order valence-corrected chi connectivity index (χ4v) is 1.17. The van der Waals surface area contributed by atoms with Crippen molar-refractivity contribution in [1.29, 1.82) is 0 Å². The third-order valence-electron chi connectivity index (χ3n) is 2.09. The lowest BCUT2D eigenvalue weighted by molar-refractivity contribution is -0.140. The molecule has 5 nitrogen and oxygen atoms in total. The molecule has 1 rings (SSSR count). The van der Waals surface area contributed by atoms with Gasteiger partial charge >= 0.3 is 12.1 Å². The van der Waals surface area contributed by atoms with Crippen molar-refractivity contribution in [3.63, 3.8) is 0 Å². The molecular weight excluding hydrogens is 222 g/mol. The number of hydrogen-bond donors (Lipinski definition) is 1. The smallest absolute Gasteiger partial charge is 0.434 e. The van der Waals surface area contributed by atoms with E-state index in [1.165, 1.54) is 0 Å². The van der Waals surface area contributed by atoms with E-state index < -0.39 is 12.1 Å². The summed E-state index contributed by atoms with van der Waals surface area (Å²) in [6.45, 7) is 1.84. The van der Waals surface area contributed by atoms with E-state index in [2.05, 4.69) is 9.47 Å². The minimum Gasteiger partial charge on any atom is -0.434 e. The van der Waals surface area contributed by atoms with Crippen LogP contribution in [0, 0.1) is 5.92 Å². The van der Waals surface area contributed by atoms with Crippen LogP contribution in [-0.4, -0.2) is 24.8 Å². The van der Waals surface area contributed by atoms with E-state index in [4.69, 9.17) is 5.73 Å². The molecule has 1 aliphatic carbocycles. The van der Waals surface area contributed by atoms with Crippen LogP contribution in [0.1, 0.15) is 26.2 Å². The Bertz CT molecular complexity index is 230. The Morgan fingerprint density at radius 2 is 2.07 bits per heavy atom. The maximum atomic E-state index is 11.1. The number of esters is 1. The molecule has 0 bridgehead atoms. The van der Waals surface area contributed by atoms with Gasteiger partial charge in [-0.1, -0.05) is 0 Å². The maximum absolute atomic E-state index is 11.1. The Labute approximate surface area is 94.7 Å². The molecule has 15 heavy (non-hydrogen) atoms. The summed E-state index contributed by atoms with van der Waals surface area (Å²) in [6, 6.07) is -0.183. The number of carbonyl (C=O) groups excluding carboxylic acids is 2. The van der Waals surface area contributed by atoms with Gasteiger partial charge in [0, 0.05) is 6.04 Å². The first-order valence-electron chi connectivity index (χ1n) is 4.76. The molecule has 1 aliphatic rings. The summed E-state index contributed by atoms with van der Waals surface area (Å²) in [4.78, 5) is 21.8. The SMILES string of the molecule is CCOC(=O)OC(=O)CC(N)C1CC1.Cl. The lowest BCUT2D eigenvalue weighted by Crippen LogP contribution is -2.28. The molecule has 0 amide bonds. The highest BCUT2D eigenvalue weighted by molar-refractivity contribution is 5.85. The van der Waals surface area contributed by atoms with E-state index in [1.54, 1.807) is 6.92 Å². The second-order valence-electron chi connectivity index (χ2n) is 3.36. The molecule has 1 atom stereocenters. The number of rotatable bonds is 4. The predicted octanol–water partition coefficient (Wildman–Crippen LogP) is 1.24. The minimum absolute atomic E-state index is 0. The van der Waals surface area contributed by atoms with Gasteiger partial charge in [0.25, 0.3) is 0 Å². The highest BCUT2D eigenvalue weighted by atomic mass is 35.5. The van der Waals surface area contributed by atoms with Crippen LogP contribution < -0.4 is 5.73 Å². The molecule has 0 spiro atoms. The number of nitrogens with two attached hydrogens (primary N) is 1. The molecule has 0 heterocycles. The monoisotopic (exact) mass is 237 g/mol. The van der Waals surface area contributed by atoms with Crippen molar-refractivity contribution in [3.8, 4) is 0 Å². The van der Waals surface area contributed by atoms with Gasteiger partial charge in [0.05, 0.1) is 13.0 Å². The van der Waals surface area contributed by atoms with Crippen molar-refractivity contribution in [3.05, 3.63) is 0 Å². The Morgan fingerprint density at radius 1 is 1.47 bits per heavy atom. The summed E-state index contributed by atoms with van der Waals surface area (Å²) in [5.41, 5.74) is 5.68. The summed E-state index contributed by atoms with van der Waals surface area (Å²) in [7, 11) is 0. The van der Waals surface area contributed by atoms with Gasteiger partial charge in [-0.15, -0.1) is 12.4 Å². The minimum atomic E-state index is -0.944. The van der Waals surface area contributed by atoms with E-state index in [1.807, 2.05) is 0 Å². The number of carbonyl (C=O) groups is 2. The highest BCUT2D eigenvalue weighted by Crippen LogP contribution is 2.32. The van der Waals surface area contributed by atoms with Gasteiger partial charge in [-0.3, -0.25) is 4.79 Å². The predicted molar refractivity (Wildman–Crippen MR) is 55.7 cm³/mol. The molecule has 0 aromatic rings. The Hall–Kier alpha value is -0.810. The second-order valence-corrected chi connectivity index (χ2v) is 3.36. The topological polar surface area (TPSA) is 78.6 Å². The Kier molecular flexibility index (Phi) is 6.27. The van der Waals surface area contributed by atoms with Crippen molar-refractivity contribution in [2.75, 3.05) is 6.61 Å². The number of halogens is 1. The molecule has 0 saturated heterocycles. The zero-order valence-corrected chi connectivity index (χ0v) is 9.42. The van der Waals surface area contributed by atoms with Crippen molar-refractivity contribution in [2.45, 2.75) is 32.2 Å². The third-order valence-corrected chi connectivity index (χ3v) is 2.09. The molecule has 2 N–H and O–H groups in total. The summed E-state index contributed by atoms with van der Waals surface area (Å²) >= 11 is 0. The van der Waals surface area contributed by atoms with Crippen LogP contribution in [0.2, 0.25) is 0 Å². The third kappa shape index (κ3) is 5.59. The first-order valence-corrected chi connectivity index (χ1v) is 4.76. The fraction of sp³-hybridized carbons (Fsp3) is 0.778. The fourth-order valence-electron chi connectivity index (χ4n) is 1.17.